The van der Waals surface area contributed by atoms with Crippen LogP contribution in [0.5, 0.6) is 11.5 Å². The Balaban J connectivity index is 2.10. The van der Waals surface area contributed by atoms with Gasteiger partial charge in [0, 0.05) is 25.2 Å². The summed E-state index contributed by atoms with van der Waals surface area (Å²) in [4.78, 5) is 13.9. The van der Waals surface area contributed by atoms with Crippen molar-refractivity contribution >= 4 is 35.2 Å². The number of hydrogen-bond donors (Lipinski definition) is 0. The lowest BCUT2D eigenvalue weighted by atomic mass is 10.1. The first-order valence-corrected chi connectivity index (χ1v) is 8.29. The van der Waals surface area contributed by atoms with Gasteiger partial charge in [0.25, 0.3) is 0 Å². The summed E-state index contributed by atoms with van der Waals surface area (Å²) < 4.78 is 10.5. The van der Waals surface area contributed by atoms with E-state index in [2.05, 4.69) is 0 Å². The van der Waals surface area contributed by atoms with Gasteiger partial charge in [0.05, 0.1) is 24.3 Å². The Hall–Kier alpha value is -2.17. The first-order valence-electron chi connectivity index (χ1n) is 7.53. The summed E-state index contributed by atoms with van der Waals surface area (Å²) in [7, 11) is 4.89. The molecule has 0 atom stereocenters. The molecule has 0 bridgehead atoms. The summed E-state index contributed by atoms with van der Waals surface area (Å²) in [5.41, 5.74) is 1.66. The van der Waals surface area contributed by atoms with Crippen molar-refractivity contribution in [2.24, 2.45) is 0 Å². The number of rotatable bonds is 6. The van der Waals surface area contributed by atoms with Crippen LogP contribution < -0.4 is 9.47 Å². The average molecular weight is 380 g/mol. The second kappa shape index (κ2) is 8.79. The van der Waals surface area contributed by atoms with Crippen LogP contribution >= 0.6 is 23.2 Å². The molecule has 2 rings (SSSR count). The van der Waals surface area contributed by atoms with Crippen LogP contribution in [-0.4, -0.2) is 32.1 Å². The standard InChI is InChI=1S/C19H19Cl2NO3/c1-22(12-13-4-7-16(20)17(21)10-13)19(23)9-5-14-11-15(24-2)6-8-18(14)25-3/h4-11H,12H2,1-3H3/b9-5+. The molecule has 0 unspecified atom stereocenters. The third kappa shape index (κ3) is 5.15. The van der Waals surface area contributed by atoms with Gasteiger partial charge in [0.15, 0.2) is 0 Å². The van der Waals surface area contributed by atoms with Crippen molar-refractivity contribution in [2.45, 2.75) is 6.54 Å². The van der Waals surface area contributed by atoms with E-state index < -0.39 is 0 Å². The van der Waals surface area contributed by atoms with E-state index in [1.54, 1.807) is 56.5 Å². The van der Waals surface area contributed by atoms with Crippen molar-refractivity contribution in [1.29, 1.82) is 0 Å². The van der Waals surface area contributed by atoms with Crippen LogP contribution in [0.1, 0.15) is 11.1 Å². The van der Waals surface area contributed by atoms with Crippen molar-refractivity contribution < 1.29 is 14.3 Å². The predicted octanol–water partition coefficient (Wildman–Crippen LogP) is 4.68. The quantitative estimate of drug-likeness (QED) is 0.683. The minimum atomic E-state index is -0.143. The molecule has 2 aromatic rings. The Bertz CT molecular complexity index is 790. The third-order valence-electron chi connectivity index (χ3n) is 3.62. The van der Waals surface area contributed by atoms with Crippen molar-refractivity contribution in [3.63, 3.8) is 0 Å². The molecule has 0 N–H and O–H groups in total. The number of amides is 1. The molecule has 0 fully saturated rings. The molecular weight excluding hydrogens is 361 g/mol. The van der Waals surface area contributed by atoms with E-state index in [0.29, 0.717) is 28.1 Å². The van der Waals surface area contributed by atoms with Gasteiger partial charge in [0.2, 0.25) is 5.91 Å². The van der Waals surface area contributed by atoms with Crippen LogP contribution in [-0.2, 0) is 11.3 Å². The van der Waals surface area contributed by atoms with Crippen molar-refractivity contribution in [2.75, 3.05) is 21.3 Å². The predicted molar refractivity (Wildman–Crippen MR) is 102 cm³/mol. The van der Waals surface area contributed by atoms with Crippen LogP contribution in [0.2, 0.25) is 10.0 Å². The summed E-state index contributed by atoms with van der Waals surface area (Å²) >= 11 is 11.9. The maximum Gasteiger partial charge on any atom is 0.246 e. The number of methoxy groups -OCH3 is 2. The van der Waals surface area contributed by atoms with E-state index in [1.807, 2.05) is 12.1 Å². The average Bonchev–Trinajstić information content (AvgIpc) is 2.62. The smallest absolute Gasteiger partial charge is 0.246 e. The molecule has 0 saturated heterocycles. The zero-order valence-corrected chi connectivity index (χ0v) is 15.8. The van der Waals surface area contributed by atoms with Gasteiger partial charge in [-0.3, -0.25) is 4.79 Å². The number of hydrogen-bond acceptors (Lipinski definition) is 3. The summed E-state index contributed by atoms with van der Waals surface area (Å²) in [5, 5.41) is 0.959. The summed E-state index contributed by atoms with van der Waals surface area (Å²) in [5.74, 6) is 1.21. The largest absolute Gasteiger partial charge is 0.497 e. The summed E-state index contributed by atoms with van der Waals surface area (Å²) in [6.07, 6.45) is 3.20. The van der Waals surface area contributed by atoms with E-state index >= 15 is 0 Å². The number of nitrogens with zero attached hydrogens (tertiary/aromatic N) is 1. The van der Waals surface area contributed by atoms with Gasteiger partial charge in [-0.05, 0) is 42.0 Å². The van der Waals surface area contributed by atoms with Gasteiger partial charge in [-0.25, -0.2) is 0 Å². The molecule has 0 aliphatic carbocycles. The molecule has 0 aromatic heterocycles. The fourth-order valence-corrected chi connectivity index (χ4v) is 2.57. The molecular formula is C19H19Cl2NO3. The molecule has 4 nitrogen and oxygen atoms in total. The van der Waals surface area contributed by atoms with Crippen molar-refractivity contribution in [3.8, 4) is 11.5 Å². The van der Waals surface area contributed by atoms with E-state index in [1.165, 1.54) is 6.08 Å². The number of ether oxygens (including phenoxy) is 2. The molecule has 0 heterocycles. The van der Waals surface area contributed by atoms with Gasteiger partial charge >= 0.3 is 0 Å². The van der Waals surface area contributed by atoms with Gasteiger partial charge in [-0.15, -0.1) is 0 Å². The lowest BCUT2D eigenvalue weighted by Crippen LogP contribution is -2.24. The van der Waals surface area contributed by atoms with Crippen LogP contribution in [0.25, 0.3) is 6.08 Å². The van der Waals surface area contributed by atoms with E-state index in [0.717, 1.165) is 11.1 Å². The number of halogens is 2. The Morgan fingerprint density at radius 3 is 2.48 bits per heavy atom. The van der Waals surface area contributed by atoms with Gasteiger partial charge in [-0.2, -0.15) is 0 Å². The first-order chi connectivity index (χ1) is 11.9. The minimum Gasteiger partial charge on any atom is -0.497 e. The molecule has 0 spiro atoms. The fourth-order valence-electron chi connectivity index (χ4n) is 2.25. The second-order valence-corrected chi connectivity index (χ2v) is 6.20. The van der Waals surface area contributed by atoms with E-state index in [-0.39, 0.29) is 5.91 Å². The van der Waals surface area contributed by atoms with Crippen LogP contribution in [0.15, 0.2) is 42.5 Å². The number of carbonyl (C=O) groups excluding carboxylic acids is 1. The normalized spacial score (nSPS) is 10.8. The Morgan fingerprint density at radius 1 is 1.08 bits per heavy atom. The minimum absolute atomic E-state index is 0.143. The van der Waals surface area contributed by atoms with Gasteiger partial charge in [-0.1, -0.05) is 29.3 Å². The highest BCUT2D eigenvalue weighted by molar-refractivity contribution is 6.42. The molecule has 25 heavy (non-hydrogen) atoms. The third-order valence-corrected chi connectivity index (χ3v) is 4.36. The van der Waals surface area contributed by atoms with Crippen LogP contribution in [0.3, 0.4) is 0 Å². The van der Waals surface area contributed by atoms with E-state index in [9.17, 15) is 4.79 Å². The van der Waals surface area contributed by atoms with Gasteiger partial charge < -0.3 is 14.4 Å². The molecule has 0 radical (unpaired) electrons. The molecule has 2 aromatic carbocycles. The van der Waals surface area contributed by atoms with Crippen molar-refractivity contribution in [1.82, 2.24) is 4.90 Å². The van der Waals surface area contributed by atoms with Crippen LogP contribution in [0.4, 0.5) is 0 Å². The number of likely N-dealkylation sites (N-methyl/N-ethyl adjacent to an activating group) is 1. The Labute approximate surface area is 157 Å². The highest BCUT2D eigenvalue weighted by Gasteiger charge is 2.08. The first kappa shape index (κ1) is 19.2. The lowest BCUT2D eigenvalue weighted by molar-refractivity contribution is -0.125. The zero-order valence-electron chi connectivity index (χ0n) is 14.3. The monoisotopic (exact) mass is 379 g/mol. The topological polar surface area (TPSA) is 38.8 Å². The lowest BCUT2D eigenvalue weighted by Gasteiger charge is -2.15. The second-order valence-electron chi connectivity index (χ2n) is 5.38. The molecule has 0 saturated carbocycles. The number of benzene rings is 2. The Kier molecular flexibility index (Phi) is 6.73. The molecule has 6 heteroatoms. The maximum absolute atomic E-state index is 12.3. The molecule has 1 amide bonds. The maximum atomic E-state index is 12.3. The summed E-state index contributed by atoms with van der Waals surface area (Å²) in [6.45, 7) is 0.426. The highest BCUT2D eigenvalue weighted by Crippen LogP contribution is 2.25. The zero-order chi connectivity index (χ0) is 18.4. The fraction of sp³-hybridized carbons (Fsp3) is 0.211. The van der Waals surface area contributed by atoms with Crippen molar-refractivity contribution in [3.05, 3.63) is 63.6 Å². The van der Waals surface area contributed by atoms with E-state index in [4.69, 9.17) is 32.7 Å². The van der Waals surface area contributed by atoms with Crippen LogP contribution in [0, 0.1) is 0 Å². The SMILES string of the molecule is COc1ccc(OC)c(/C=C/C(=O)N(C)Cc2ccc(Cl)c(Cl)c2)c1. The Morgan fingerprint density at radius 2 is 1.84 bits per heavy atom. The highest BCUT2D eigenvalue weighted by atomic mass is 35.5. The number of carbonyl (C=O) groups is 1. The summed E-state index contributed by atoms with van der Waals surface area (Å²) in [6, 6.07) is 10.7. The van der Waals surface area contributed by atoms with Gasteiger partial charge in [0.1, 0.15) is 11.5 Å². The molecule has 0 aliphatic heterocycles. The molecule has 0 aliphatic rings. The molecule has 132 valence electrons.